The van der Waals surface area contributed by atoms with E-state index in [1.807, 2.05) is 20.8 Å². The summed E-state index contributed by atoms with van der Waals surface area (Å²) in [5, 5.41) is 3.41. The van der Waals surface area contributed by atoms with Gasteiger partial charge in [-0.25, -0.2) is 8.42 Å². The summed E-state index contributed by atoms with van der Waals surface area (Å²) < 4.78 is 39.7. The highest BCUT2D eigenvalue weighted by Crippen LogP contribution is 2.32. The Morgan fingerprint density at radius 2 is 1.56 bits per heavy atom. The number of nitrogens with one attached hydrogen (secondary N) is 1. The van der Waals surface area contributed by atoms with Gasteiger partial charge in [0.2, 0.25) is 11.8 Å². The lowest BCUT2D eigenvalue weighted by molar-refractivity contribution is -0.140. The van der Waals surface area contributed by atoms with Crippen LogP contribution in [0.5, 0.6) is 11.5 Å². The molecule has 0 unspecified atom stereocenters. The van der Waals surface area contributed by atoms with E-state index in [0.717, 1.165) is 9.87 Å². The van der Waals surface area contributed by atoms with Crippen LogP contribution in [0.1, 0.15) is 32.8 Å². The van der Waals surface area contributed by atoms with E-state index in [1.54, 1.807) is 54.6 Å². The van der Waals surface area contributed by atoms with Gasteiger partial charge in [-0.15, -0.1) is 0 Å². The smallest absolute Gasteiger partial charge is 0.264 e. The van der Waals surface area contributed by atoms with Crippen molar-refractivity contribution in [2.75, 3.05) is 25.1 Å². The topological polar surface area (TPSA) is 105 Å². The third-order valence-corrected chi connectivity index (χ3v) is 8.37. The summed E-state index contributed by atoms with van der Waals surface area (Å²) in [5.74, 6) is -0.268. The second-order valence-electron chi connectivity index (χ2n) is 9.60. The lowest BCUT2D eigenvalue weighted by Crippen LogP contribution is -2.53. The molecule has 0 fully saturated rings. The molecule has 0 radical (unpaired) electrons. The third-order valence-electron chi connectivity index (χ3n) is 6.35. The maximum absolute atomic E-state index is 14.1. The van der Waals surface area contributed by atoms with Crippen LogP contribution in [-0.4, -0.2) is 58.0 Å². The number of benzene rings is 3. The Morgan fingerprint density at radius 3 is 2.12 bits per heavy atom. The molecule has 0 saturated carbocycles. The second-order valence-corrected chi connectivity index (χ2v) is 11.9. The lowest BCUT2D eigenvalue weighted by atomic mass is 10.1. The minimum Gasteiger partial charge on any atom is -0.493 e. The Balaban J connectivity index is 2.07. The second kappa shape index (κ2) is 14.2. The highest BCUT2D eigenvalue weighted by Gasteiger charge is 2.34. The number of carbonyl (C=O) groups excluding carboxylic acids is 2. The fraction of sp³-hybridized carbons (Fsp3) is 0.333. The summed E-state index contributed by atoms with van der Waals surface area (Å²) in [6, 6.07) is 18.6. The first-order valence-corrected chi connectivity index (χ1v) is 15.0. The molecule has 220 valence electrons. The van der Waals surface area contributed by atoms with Crippen LogP contribution in [0, 0.1) is 0 Å². The molecule has 9 nitrogen and oxygen atoms in total. The molecule has 0 bridgehead atoms. The Kier molecular flexibility index (Phi) is 11.0. The number of carbonyl (C=O) groups is 2. The number of para-hydroxylation sites is 1. The number of hydrogen-bond donors (Lipinski definition) is 1. The van der Waals surface area contributed by atoms with E-state index in [4.69, 9.17) is 21.1 Å². The van der Waals surface area contributed by atoms with Crippen LogP contribution in [0.3, 0.4) is 0 Å². The molecule has 3 rings (SSSR count). The summed E-state index contributed by atoms with van der Waals surface area (Å²) >= 11 is 6.06. The number of anilines is 1. The number of amides is 2. The van der Waals surface area contributed by atoms with Crippen LogP contribution in [-0.2, 0) is 26.2 Å². The number of nitrogens with zero attached hydrogens (tertiary/aromatic N) is 2. The van der Waals surface area contributed by atoms with Gasteiger partial charge in [-0.1, -0.05) is 48.9 Å². The minimum absolute atomic E-state index is 0.0824. The van der Waals surface area contributed by atoms with Crippen molar-refractivity contribution in [3.63, 3.8) is 0 Å². The molecule has 1 atom stereocenters. The highest BCUT2D eigenvalue weighted by molar-refractivity contribution is 7.92. The van der Waals surface area contributed by atoms with Crippen molar-refractivity contribution in [2.24, 2.45) is 0 Å². The van der Waals surface area contributed by atoms with Crippen LogP contribution < -0.4 is 19.1 Å². The monoisotopic (exact) mass is 601 g/mol. The summed E-state index contributed by atoms with van der Waals surface area (Å²) in [6.45, 7) is 5.02. The molecule has 3 aromatic carbocycles. The van der Waals surface area contributed by atoms with Crippen molar-refractivity contribution in [2.45, 2.75) is 50.7 Å². The SMILES string of the molecule is CC[C@@H](C(=O)NC(C)C)N(Cc1ccc(Cl)cc1)C(=O)CN(c1ccccc1)S(=O)(=O)c1ccc(OC)c(OC)c1. The standard InChI is InChI=1S/C30H36ClN3O6S/c1-6-26(30(36)32-21(2)3)33(19-22-12-14-23(31)15-13-22)29(35)20-34(24-10-8-7-9-11-24)41(37,38)25-16-17-27(39-4)28(18-25)40-5/h7-18,21,26H,6,19-20H2,1-5H3,(H,32,36)/t26-/m0/s1. The van der Waals surface area contributed by atoms with Gasteiger partial charge in [-0.05, 0) is 62.2 Å². The van der Waals surface area contributed by atoms with Crippen LogP contribution in [0.2, 0.25) is 5.02 Å². The number of hydrogen-bond acceptors (Lipinski definition) is 6. The third kappa shape index (κ3) is 7.92. The first-order chi connectivity index (χ1) is 19.5. The van der Waals surface area contributed by atoms with Crippen molar-refractivity contribution in [1.29, 1.82) is 0 Å². The fourth-order valence-corrected chi connectivity index (χ4v) is 5.87. The lowest BCUT2D eigenvalue weighted by Gasteiger charge is -2.33. The highest BCUT2D eigenvalue weighted by atomic mass is 35.5. The molecule has 0 saturated heterocycles. The maximum Gasteiger partial charge on any atom is 0.264 e. The fourth-order valence-electron chi connectivity index (χ4n) is 4.31. The molecule has 41 heavy (non-hydrogen) atoms. The van der Waals surface area contributed by atoms with E-state index in [-0.39, 0.29) is 29.1 Å². The maximum atomic E-state index is 14.1. The van der Waals surface area contributed by atoms with Crippen LogP contribution in [0.15, 0.2) is 77.7 Å². The minimum atomic E-state index is -4.26. The van der Waals surface area contributed by atoms with Gasteiger partial charge in [-0.3, -0.25) is 13.9 Å². The molecule has 3 aromatic rings. The van der Waals surface area contributed by atoms with E-state index >= 15 is 0 Å². The molecule has 0 aliphatic carbocycles. The zero-order valence-electron chi connectivity index (χ0n) is 23.8. The van der Waals surface area contributed by atoms with E-state index in [9.17, 15) is 18.0 Å². The first-order valence-electron chi connectivity index (χ1n) is 13.2. The molecule has 0 heterocycles. The molecular weight excluding hydrogens is 566 g/mol. The number of sulfonamides is 1. The molecule has 0 aliphatic heterocycles. The molecule has 0 aromatic heterocycles. The van der Waals surface area contributed by atoms with Crippen molar-refractivity contribution in [1.82, 2.24) is 10.2 Å². The predicted octanol–water partition coefficient (Wildman–Crippen LogP) is 4.88. The molecule has 11 heteroatoms. The van der Waals surface area contributed by atoms with Crippen molar-refractivity contribution >= 4 is 39.1 Å². The summed E-state index contributed by atoms with van der Waals surface area (Å²) in [4.78, 5) is 28.6. The van der Waals surface area contributed by atoms with E-state index < -0.39 is 28.5 Å². The molecule has 2 amide bonds. The molecule has 0 aliphatic rings. The zero-order valence-corrected chi connectivity index (χ0v) is 25.4. The molecule has 1 N–H and O–H groups in total. The van der Waals surface area contributed by atoms with E-state index in [1.165, 1.54) is 37.3 Å². The normalized spacial score (nSPS) is 12.0. The summed E-state index contributed by atoms with van der Waals surface area (Å²) in [6.07, 6.45) is 0.325. The number of rotatable bonds is 13. The van der Waals surface area contributed by atoms with Crippen molar-refractivity contribution in [3.05, 3.63) is 83.4 Å². The van der Waals surface area contributed by atoms with E-state index in [2.05, 4.69) is 5.32 Å². The van der Waals surface area contributed by atoms with Gasteiger partial charge in [0.05, 0.1) is 24.8 Å². The van der Waals surface area contributed by atoms with Gasteiger partial charge in [-0.2, -0.15) is 0 Å². The Morgan fingerprint density at radius 1 is 0.927 bits per heavy atom. The van der Waals surface area contributed by atoms with Crippen LogP contribution in [0.25, 0.3) is 0 Å². The molecular formula is C30H36ClN3O6S. The Hall–Kier alpha value is -3.76. The number of halogens is 1. The Bertz CT molecular complexity index is 1430. The van der Waals surface area contributed by atoms with E-state index in [0.29, 0.717) is 22.9 Å². The summed E-state index contributed by atoms with van der Waals surface area (Å²) in [7, 11) is -1.39. The average Bonchev–Trinajstić information content (AvgIpc) is 2.96. The average molecular weight is 602 g/mol. The van der Waals surface area contributed by atoms with Gasteiger partial charge in [0.25, 0.3) is 10.0 Å². The summed E-state index contributed by atoms with van der Waals surface area (Å²) in [5.41, 5.74) is 1.04. The van der Waals surface area contributed by atoms with Crippen LogP contribution in [0.4, 0.5) is 5.69 Å². The first kappa shape index (κ1) is 31.8. The Labute approximate surface area is 247 Å². The van der Waals surface area contributed by atoms with Gasteiger partial charge < -0.3 is 19.7 Å². The predicted molar refractivity (Wildman–Crippen MR) is 160 cm³/mol. The number of ether oxygens (including phenoxy) is 2. The quantitative estimate of drug-likeness (QED) is 0.299. The zero-order chi connectivity index (χ0) is 30.2. The van der Waals surface area contributed by atoms with Gasteiger partial charge in [0.15, 0.2) is 11.5 Å². The van der Waals surface area contributed by atoms with Gasteiger partial charge in [0, 0.05) is 23.7 Å². The van der Waals surface area contributed by atoms with Crippen molar-refractivity contribution in [3.8, 4) is 11.5 Å². The molecule has 0 spiro atoms. The number of methoxy groups -OCH3 is 2. The van der Waals surface area contributed by atoms with Gasteiger partial charge >= 0.3 is 0 Å². The van der Waals surface area contributed by atoms with Crippen LogP contribution >= 0.6 is 11.6 Å². The largest absolute Gasteiger partial charge is 0.493 e. The van der Waals surface area contributed by atoms with Crippen molar-refractivity contribution < 1.29 is 27.5 Å². The van der Waals surface area contributed by atoms with Gasteiger partial charge in [0.1, 0.15) is 12.6 Å².